The minimum Gasteiger partial charge on any atom is -0.375 e. The van der Waals surface area contributed by atoms with Gasteiger partial charge in [0.15, 0.2) is 0 Å². The molecule has 2 rings (SSSR count). The van der Waals surface area contributed by atoms with Crippen LogP contribution >= 0.6 is 23.2 Å². The van der Waals surface area contributed by atoms with E-state index in [4.69, 9.17) is 23.2 Å². The summed E-state index contributed by atoms with van der Waals surface area (Å²) >= 11 is 11.8. The van der Waals surface area contributed by atoms with Crippen LogP contribution in [-0.4, -0.2) is 9.91 Å². The molecule has 5 nitrogen and oxygen atoms in total. The van der Waals surface area contributed by atoms with E-state index in [1.54, 1.807) is 6.07 Å². The summed E-state index contributed by atoms with van der Waals surface area (Å²) in [6.07, 6.45) is 1.13. The lowest BCUT2D eigenvalue weighted by molar-refractivity contribution is -0.384. The van der Waals surface area contributed by atoms with Crippen LogP contribution in [0.5, 0.6) is 0 Å². The smallest absolute Gasteiger partial charge is 0.310 e. The van der Waals surface area contributed by atoms with Crippen LogP contribution in [0.2, 0.25) is 10.2 Å². The zero-order valence-electron chi connectivity index (χ0n) is 10.6. The molecule has 0 aliphatic carbocycles. The molecule has 0 saturated heterocycles. The molecule has 1 heterocycles. The van der Waals surface area contributed by atoms with Gasteiger partial charge in [-0.3, -0.25) is 10.1 Å². The molecule has 1 aromatic carbocycles. The predicted molar refractivity (Wildman–Crippen MR) is 79.4 cm³/mol. The number of anilines is 1. The van der Waals surface area contributed by atoms with Gasteiger partial charge < -0.3 is 5.32 Å². The Kier molecular flexibility index (Phi) is 4.42. The molecule has 0 spiro atoms. The zero-order valence-corrected chi connectivity index (χ0v) is 12.1. The summed E-state index contributed by atoms with van der Waals surface area (Å²) in [5.41, 5.74) is 2.10. The third-order valence-electron chi connectivity index (χ3n) is 2.90. The van der Waals surface area contributed by atoms with Gasteiger partial charge in [0.2, 0.25) is 0 Å². The third-order valence-corrected chi connectivity index (χ3v) is 3.51. The Morgan fingerprint density at radius 2 is 2.15 bits per heavy atom. The van der Waals surface area contributed by atoms with Crippen LogP contribution < -0.4 is 5.32 Å². The summed E-state index contributed by atoms with van der Waals surface area (Å²) in [5.74, 6) is 0. The van der Waals surface area contributed by atoms with E-state index in [1.807, 2.05) is 19.1 Å². The Hall–Kier alpha value is -1.85. The lowest BCUT2D eigenvalue weighted by atomic mass is 10.1. The molecule has 0 aliphatic heterocycles. The highest BCUT2D eigenvalue weighted by molar-refractivity contribution is 6.31. The second-order valence-electron chi connectivity index (χ2n) is 4.16. The Morgan fingerprint density at radius 1 is 1.40 bits per heavy atom. The number of nitro groups is 1. The Morgan fingerprint density at radius 3 is 2.85 bits per heavy atom. The molecule has 7 heteroatoms. The van der Waals surface area contributed by atoms with E-state index in [9.17, 15) is 10.1 Å². The molecule has 1 aromatic heterocycles. The molecular weight excluding hydrogens is 301 g/mol. The fraction of sp³-hybridized carbons (Fsp3) is 0.154. The van der Waals surface area contributed by atoms with E-state index in [0.717, 1.165) is 17.3 Å². The van der Waals surface area contributed by atoms with Gasteiger partial charge >= 0.3 is 5.69 Å². The molecule has 0 bridgehead atoms. The Bertz CT molecular complexity index is 662. The number of hydrogen-bond acceptors (Lipinski definition) is 4. The van der Waals surface area contributed by atoms with Crippen molar-refractivity contribution in [3.8, 4) is 0 Å². The molecule has 0 radical (unpaired) electrons. The fourth-order valence-corrected chi connectivity index (χ4v) is 2.10. The lowest BCUT2D eigenvalue weighted by Gasteiger charge is -2.10. The Balaban J connectivity index is 2.24. The summed E-state index contributed by atoms with van der Waals surface area (Å²) in [6.45, 7) is 2.31. The van der Waals surface area contributed by atoms with Crippen LogP contribution in [0, 0.1) is 17.0 Å². The molecule has 0 unspecified atom stereocenters. The number of nitrogens with one attached hydrogen (secondary N) is 1. The first-order valence-electron chi connectivity index (χ1n) is 5.77. The second-order valence-corrected chi connectivity index (χ2v) is 4.95. The number of halogens is 2. The van der Waals surface area contributed by atoms with E-state index >= 15 is 0 Å². The number of pyridine rings is 1. The van der Waals surface area contributed by atoms with Crippen molar-refractivity contribution in [3.63, 3.8) is 0 Å². The highest BCUT2D eigenvalue weighted by Gasteiger charge is 2.15. The predicted octanol–water partition coefficient (Wildman–Crippen LogP) is 4.22. The number of nitrogens with zero attached hydrogens (tertiary/aromatic N) is 2. The first-order chi connectivity index (χ1) is 9.49. The van der Waals surface area contributed by atoms with Crippen molar-refractivity contribution in [2.24, 2.45) is 0 Å². The van der Waals surface area contributed by atoms with E-state index < -0.39 is 4.92 Å². The molecule has 2 aromatic rings. The van der Waals surface area contributed by atoms with Gasteiger partial charge in [-0.25, -0.2) is 4.98 Å². The van der Waals surface area contributed by atoms with Crippen molar-refractivity contribution >= 4 is 34.6 Å². The largest absolute Gasteiger partial charge is 0.375 e. The topological polar surface area (TPSA) is 68.1 Å². The quantitative estimate of drug-likeness (QED) is 0.521. The van der Waals surface area contributed by atoms with Gasteiger partial charge in [-0.1, -0.05) is 35.3 Å². The van der Waals surface area contributed by atoms with Crippen LogP contribution in [-0.2, 0) is 6.54 Å². The molecular formula is C13H11Cl2N3O2. The van der Waals surface area contributed by atoms with Gasteiger partial charge in [0, 0.05) is 17.6 Å². The van der Waals surface area contributed by atoms with Crippen LogP contribution in [0.3, 0.4) is 0 Å². The molecule has 104 valence electrons. The summed E-state index contributed by atoms with van der Waals surface area (Å²) in [5, 5.41) is 14.8. The van der Waals surface area contributed by atoms with Gasteiger partial charge in [0.05, 0.1) is 4.92 Å². The summed E-state index contributed by atoms with van der Waals surface area (Å²) in [4.78, 5) is 14.1. The molecule has 1 N–H and O–H groups in total. The standard InChI is InChI=1S/C13H11Cl2N3O2/c1-8-9(3-2-4-10(8)14)6-16-11-5-13(15)17-7-12(11)18(19)20/h2-5,7H,6H2,1H3,(H,16,17). The van der Waals surface area contributed by atoms with Crippen molar-refractivity contribution in [2.45, 2.75) is 13.5 Å². The molecule has 0 aliphatic rings. The van der Waals surface area contributed by atoms with Gasteiger partial charge in [0.1, 0.15) is 17.0 Å². The maximum atomic E-state index is 10.9. The van der Waals surface area contributed by atoms with Gasteiger partial charge in [0.25, 0.3) is 0 Å². The third kappa shape index (κ3) is 3.18. The number of aromatic nitrogens is 1. The molecule has 0 amide bonds. The molecule has 20 heavy (non-hydrogen) atoms. The summed E-state index contributed by atoms with van der Waals surface area (Å²) < 4.78 is 0. The van der Waals surface area contributed by atoms with Gasteiger partial charge in [-0.15, -0.1) is 0 Å². The molecule has 0 atom stereocenters. The average molecular weight is 312 g/mol. The van der Waals surface area contributed by atoms with Crippen LogP contribution in [0.25, 0.3) is 0 Å². The zero-order chi connectivity index (χ0) is 14.7. The lowest BCUT2D eigenvalue weighted by Crippen LogP contribution is -2.04. The van der Waals surface area contributed by atoms with E-state index in [-0.39, 0.29) is 10.8 Å². The highest BCUT2D eigenvalue weighted by atomic mass is 35.5. The maximum Gasteiger partial charge on any atom is 0.310 e. The van der Waals surface area contributed by atoms with Crippen LogP contribution in [0.1, 0.15) is 11.1 Å². The molecule has 0 fully saturated rings. The maximum absolute atomic E-state index is 10.9. The normalized spacial score (nSPS) is 10.3. The number of rotatable bonds is 4. The SMILES string of the molecule is Cc1c(Cl)cccc1CNc1cc(Cl)ncc1[N+](=O)[O-]. The minimum atomic E-state index is -0.503. The van der Waals surface area contributed by atoms with Crippen molar-refractivity contribution < 1.29 is 4.92 Å². The van der Waals surface area contributed by atoms with E-state index in [2.05, 4.69) is 10.3 Å². The van der Waals surface area contributed by atoms with Crippen molar-refractivity contribution in [1.29, 1.82) is 0 Å². The van der Waals surface area contributed by atoms with Crippen molar-refractivity contribution in [2.75, 3.05) is 5.32 Å². The van der Waals surface area contributed by atoms with Crippen LogP contribution in [0.4, 0.5) is 11.4 Å². The minimum absolute atomic E-state index is 0.117. The summed E-state index contributed by atoms with van der Waals surface area (Å²) in [7, 11) is 0. The summed E-state index contributed by atoms with van der Waals surface area (Å²) in [6, 6.07) is 6.97. The highest BCUT2D eigenvalue weighted by Crippen LogP contribution is 2.27. The second kappa shape index (κ2) is 6.07. The monoisotopic (exact) mass is 311 g/mol. The number of hydrogen-bond donors (Lipinski definition) is 1. The number of benzene rings is 1. The van der Waals surface area contributed by atoms with E-state index in [1.165, 1.54) is 6.07 Å². The van der Waals surface area contributed by atoms with Gasteiger partial charge in [-0.2, -0.15) is 0 Å². The first kappa shape index (κ1) is 14.6. The van der Waals surface area contributed by atoms with Crippen molar-refractivity contribution in [3.05, 3.63) is 61.9 Å². The van der Waals surface area contributed by atoms with Gasteiger partial charge in [-0.05, 0) is 24.1 Å². The van der Waals surface area contributed by atoms with E-state index in [0.29, 0.717) is 17.3 Å². The Labute approximate surface area is 125 Å². The van der Waals surface area contributed by atoms with Crippen LogP contribution in [0.15, 0.2) is 30.5 Å². The first-order valence-corrected chi connectivity index (χ1v) is 6.52. The van der Waals surface area contributed by atoms with Crippen molar-refractivity contribution in [1.82, 2.24) is 4.98 Å². The fourth-order valence-electron chi connectivity index (χ4n) is 1.74. The molecule has 0 saturated carbocycles. The average Bonchev–Trinajstić information content (AvgIpc) is 2.40.